The topological polar surface area (TPSA) is 63.6 Å². The van der Waals surface area contributed by atoms with Gasteiger partial charge in [-0.15, -0.1) is 0 Å². The lowest BCUT2D eigenvalue weighted by Gasteiger charge is -2.37. The summed E-state index contributed by atoms with van der Waals surface area (Å²) in [4.78, 5) is 0. The van der Waals surface area contributed by atoms with E-state index in [-0.39, 0.29) is 0 Å². The molecule has 5 heteroatoms. The fourth-order valence-electron chi connectivity index (χ4n) is 8.05. The Labute approximate surface area is 213 Å². The molecule has 196 valence electrons. The minimum atomic E-state index is -4.59. The molecule has 35 heavy (non-hydrogen) atoms. The largest absolute Gasteiger partial charge is 0.446 e. The van der Waals surface area contributed by atoms with E-state index in [2.05, 4.69) is 6.07 Å². The highest BCUT2D eigenvalue weighted by Gasteiger charge is 2.36. The highest BCUT2D eigenvalue weighted by molar-refractivity contribution is 7.81. The molecule has 0 heterocycles. The normalized spacial score (nSPS) is 24.5. The van der Waals surface area contributed by atoms with Crippen molar-refractivity contribution in [2.24, 2.45) is 0 Å². The van der Waals surface area contributed by atoms with Gasteiger partial charge in [-0.1, -0.05) is 83.1 Å². The number of benzene rings is 1. The van der Waals surface area contributed by atoms with Crippen LogP contribution in [0.1, 0.15) is 174 Å². The standard InChI is InChI=1S/C30H46O4S/c31-35(32,33)34-30-28(24-17-9-3-10-18-24)26(22-13-5-1-6-14-22)21-27(23-15-7-2-8-16-23)29(30)25-19-11-4-12-20-25/h21-25H,1-20H2,(H,31,32,33). The van der Waals surface area contributed by atoms with Crippen molar-refractivity contribution in [3.05, 3.63) is 28.3 Å². The molecule has 0 saturated heterocycles. The monoisotopic (exact) mass is 502 g/mol. The van der Waals surface area contributed by atoms with Gasteiger partial charge in [0.25, 0.3) is 0 Å². The summed E-state index contributed by atoms with van der Waals surface area (Å²) in [7, 11) is -4.59. The van der Waals surface area contributed by atoms with E-state index in [0.717, 1.165) is 25.7 Å². The average molecular weight is 503 g/mol. The molecule has 4 fully saturated rings. The molecule has 0 amide bonds. The van der Waals surface area contributed by atoms with E-state index in [1.165, 1.54) is 125 Å². The number of hydrogen-bond donors (Lipinski definition) is 1. The van der Waals surface area contributed by atoms with Crippen LogP contribution in [0.15, 0.2) is 6.07 Å². The van der Waals surface area contributed by atoms with Gasteiger partial charge in [0, 0.05) is 11.1 Å². The molecule has 1 aromatic rings. The molecule has 0 aliphatic heterocycles. The molecule has 1 aromatic carbocycles. The maximum atomic E-state index is 12.4. The first kappa shape index (κ1) is 25.6. The van der Waals surface area contributed by atoms with E-state index < -0.39 is 10.4 Å². The fraction of sp³-hybridized carbons (Fsp3) is 0.800. The molecule has 1 N–H and O–H groups in total. The third kappa shape index (κ3) is 6.09. The Balaban J connectivity index is 1.74. The van der Waals surface area contributed by atoms with E-state index >= 15 is 0 Å². The molecule has 4 nitrogen and oxygen atoms in total. The molecular formula is C30H46O4S. The van der Waals surface area contributed by atoms with Crippen LogP contribution in [-0.4, -0.2) is 13.0 Å². The molecule has 0 bridgehead atoms. The van der Waals surface area contributed by atoms with Crippen molar-refractivity contribution >= 4 is 10.4 Å². The Morgan fingerprint density at radius 3 is 1.17 bits per heavy atom. The summed E-state index contributed by atoms with van der Waals surface area (Å²) < 4.78 is 40.6. The van der Waals surface area contributed by atoms with E-state index in [1.807, 2.05) is 0 Å². The number of rotatable bonds is 6. The fourth-order valence-corrected chi connectivity index (χ4v) is 8.44. The van der Waals surface area contributed by atoms with Crippen LogP contribution >= 0.6 is 0 Å². The molecule has 4 saturated carbocycles. The van der Waals surface area contributed by atoms with E-state index in [0.29, 0.717) is 29.4 Å². The van der Waals surface area contributed by atoms with Gasteiger partial charge in [0.05, 0.1) is 0 Å². The predicted octanol–water partition coefficient (Wildman–Crippen LogP) is 9.06. The second kappa shape index (κ2) is 11.5. The van der Waals surface area contributed by atoms with Gasteiger partial charge in [-0.25, -0.2) is 0 Å². The van der Waals surface area contributed by atoms with Crippen LogP contribution in [0.2, 0.25) is 0 Å². The molecule has 4 aliphatic rings. The zero-order valence-corrected chi connectivity index (χ0v) is 22.4. The molecule has 4 aliphatic carbocycles. The second-order valence-electron chi connectivity index (χ2n) is 12.1. The smallest absolute Gasteiger partial charge is 0.361 e. The lowest BCUT2D eigenvalue weighted by Crippen LogP contribution is -2.22. The van der Waals surface area contributed by atoms with Gasteiger partial charge in [-0.2, -0.15) is 8.42 Å². The molecule has 0 unspecified atom stereocenters. The minimum Gasteiger partial charge on any atom is -0.361 e. The summed E-state index contributed by atoms with van der Waals surface area (Å²) >= 11 is 0. The van der Waals surface area contributed by atoms with Crippen molar-refractivity contribution in [3.8, 4) is 5.75 Å². The maximum absolute atomic E-state index is 12.4. The molecule has 0 radical (unpaired) electrons. The predicted molar refractivity (Wildman–Crippen MR) is 142 cm³/mol. The third-order valence-corrected chi connectivity index (χ3v) is 10.1. The van der Waals surface area contributed by atoms with Gasteiger partial charge < -0.3 is 4.18 Å². The quantitative estimate of drug-likeness (QED) is 0.394. The highest BCUT2D eigenvalue weighted by Crippen LogP contribution is 2.53. The lowest BCUT2D eigenvalue weighted by atomic mass is 9.69. The molecule has 0 aromatic heterocycles. The average Bonchev–Trinajstić information content (AvgIpc) is 2.89. The summed E-state index contributed by atoms with van der Waals surface area (Å²) in [5.74, 6) is 2.26. The van der Waals surface area contributed by atoms with E-state index in [1.54, 1.807) is 0 Å². The first-order valence-electron chi connectivity index (χ1n) is 14.9. The summed E-state index contributed by atoms with van der Waals surface area (Å²) in [5, 5.41) is 0. The summed E-state index contributed by atoms with van der Waals surface area (Å²) in [5.41, 5.74) is 5.12. The maximum Gasteiger partial charge on any atom is 0.446 e. The van der Waals surface area contributed by atoms with Crippen LogP contribution in [0.3, 0.4) is 0 Å². The van der Waals surface area contributed by atoms with E-state index in [4.69, 9.17) is 4.18 Å². The van der Waals surface area contributed by atoms with Gasteiger partial charge in [-0.3, -0.25) is 4.55 Å². The SMILES string of the molecule is O=S(=O)(O)Oc1c(C2CCCCC2)c(C2CCCCC2)cc(C2CCCCC2)c1C1CCCCC1. The zero-order valence-electron chi connectivity index (χ0n) is 21.6. The van der Waals surface area contributed by atoms with Gasteiger partial charge in [0.1, 0.15) is 0 Å². The zero-order chi connectivity index (χ0) is 24.3. The summed E-state index contributed by atoms with van der Waals surface area (Å²) in [6.07, 6.45) is 24.1. The van der Waals surface area contributed by atoms with Gasteiger partial charge in [-0.05, 0) is 86.2 Å². The van der Waals surface area contributed by atoms with Crippen LogP contribution in [0.25, 0.3) is 0 Å². The van der Waals surface area contributed by atoms with Crippen molar-refractivity contribution in [1.82, 2.24) is 0 Å². The summed E-state index contributed by atoms with van der Waals surface area (Å²) in [6, 6.07) is 2.57. The van der Waals surface area contributed by atoms with Crippen molar-refractivity contribution in [3.63, 3.8) is 0 Å². The summed E-state index contributed by atoms with van der Waals surface area (Å²) in [6.45, 7) is 0. The Hall–Kier alpha value is -1.07. The first-order chi connectivity index (χ1) is 17.0. The Bertz CT molecular complexity index is 887. The Kier molecular flexibility index (Phi) is 8.43. The van der Waals surface area contributed by atoms with E-state index in [9.17, 15) is 13.0 Å². The molecule has 0 spiro atoms. The first-order valence-corrected chi connectivity index (χ1v) is 16.2. The molecule has 0 atom stereocenters. The van der Waals surface area contributed by atoms with Crippen LogP contribution in [0.4, 0.5) is 0 Å². The minimum absolute atomic E-state index is 0.347. The van der Waals surface area contributed by atoms with Crippen LogP contribution < -0.4 is 4.18 Å². The van der Waals surface area contributed by atoms with Crippen molar-refractivity contribution in [1.29, 1.82) is 0 Å². The number of hydrogen-bond acceptors (Lipinski definition) is 3. The lowest BCUT2D eigenvalue weighted by molar-refractivity contribution is 0.361. The van der Waals surface area contributed by atoms with Crippen LogP contribution in [0, 0.1) is 0 Å². The van der Waals surface area contributed by atoms with Crippen LogP contribution in [-0.2, 0) is 10.4 Å². The molecule has 5 rings (SSSR count). The molecular weight excluding hydrogens is 456 g/mol. The van der Waals surface area contributed by atoms with Crippen molar-refractivity contribution in [2.75, 3.05) is 0 Å². The van der Waals surface area contributed by atoms with Crippen molar-refractivity contribution in [2.45, 2.75) is 152 Å². The Morgan fingerprint density at radius 2 is 0.857 bits per heavy atom. The van der Waals surface area contributed by atoms with Gasteiger partial charge in [0.2, 0.25) is 0 Å². The van der Waals surface area contributed by atoms with Gasteiger partial charge >= 0.3 is 10.4 Å². The van der Waals surface area contributed by atoms with Crippen LogP contribution in [0.5, 0.6) is 5.75 Å². The van der Waals surface area contributed by atoms with Gasteiger partial charge in [0.15, 0.2) is 5.75 Å². The second-order valence-corrected chi connectivity index (χ2v) is 13.1. The van der Waals surface area contributed by atoms with Crippen molar-refractivity contribution < 1.29 is 17.2 Å². The highest BCUT2D eigenvalue weighted by atomic mass is 32.3. The third-order valence-electron chi connectivity index (χ3n) is 9.73. The Morgan fingerprint density at radius 1 is 0.543 bits per heavy atom.